The van der Waals surface area contributed by atoms with E-state index in [1.807, 2.05) is 48.9 Å². The molecule has 0 spiro atoms. The molecule has 1 heterocycles. The van der Waals surface area contributed by atoms with Crippen molar-refractivity contribution in [2.75, 3.05) is 5.32 Å². The van der Waals surface area contributed by atoms with Crippen LogP contribution in [0.1, 0.15) is 20.8 Å². The van der Waals surface area contributed by atoms with Crippen LogP contribution in [0.4, 0.5) is 5.69 Å². The van der Waals surface area contributed by atoms with E-state index < -0.39 is 15.3 Å². The highest BCUT2D eigenvalue weighted by atomic mass is 32.2. The van der Waals surface area contributed by atoms with Gasteiger partial charge in [-0.2, -0.15) is 0 Å². The Balaban J connectivity index is 1.64. The first-order valence-electron chi connectivity index (χ1n) is 9.84. The number of sulfonamides is 1. The summed E-state index contributed by atoms with van der Waals surface area (Å²) in [5, 5.41) is 3.17. The minimum atomic E-state index is -3.57. The highest BCUT2D eigenvalue weighted by Crippen LogP contribution is 2.28. The number of aromatic nitrogens is 2. The largest absolute Gasteiger partial charge is 0.325 e. The van der Waals surface area contributed by atoms with Gasteiger partial charge in [0.15, 0.2) is 5.16 Å². The lowest BCUT2D eigenvalue weighted by atomic mass is 10.2. The summed E-state index contributed by atoms with van der Waals surface area (Å²) in [5.74, 6) is -0.190. The van der Waals surface area contributed by atoms with Gasteiger partial charge in [0, 0.05) is 18.8 Å². The second kappa shape index (κ2) is 9.67. The number of nitrogens with one attached hydrogen (secondary N) is 2. The van der Waals surface area contributed by atoms with Gasteiger partial charge in [0.2, 0.25) is 15.9 Å². The van der Waals surface area contributed by atoms with Crippen LogP contribution >= 0.6 is 11.8 Å². The van der Waals surface area contributed by atoms with Gasteiger partial charge in [0.1, 0.15) is 0 Å². The van der Waals surface area contributed by atoms with Gasteiger partial charge in [-0.1, -0.05) is 42.1 Å². The van der Waals surface area contributed by atoms with Crippen molar-refractivity contribution in [2.45, 2.75) is 42.1 Å². The molecule has 0 saturated carbocycles. The van der Waals surface area contributed by atoms with Crippen LogP contribution in [-0.2, 0) is 21.9 Å². The van der Waals surface area contributed by atoms with Gasteiger partial charge in [0.25, 0.3) is 0 Å². The standard InChI is InChI=1S/C22H26N4O3S2/c1-15(2)25-31(28,29)19-12-10-18(11-13-19)24-21(27)16(3)30-22-23-14-20(26(22)4)17-8-6-5-7-9-17/h5-16,25H,1-4H3,(H,24,27). The first-order chi connectivity index (χ1) is 14.7. The van der Waals surface area contributed by atoms with E-state index in [0.717, 1.165) is 16.4 Å². The normalized spacial score (nSPS) is 12.7. The maximum absolute atomic E-state index is 12.6. The van der Waals surface area contributed by atoms with E-state index in [9.17, 15) is 13.2 Å². The molecule has 9 heteroatoms. The summed E-state index contributed by atoms with van der Waals surface area (Å²) < 4.78 is 28.9. The summed E-state index contributed by atoms with van der Waals surface area (Å²) in [7, 11) is -1.64. The predicted octanol–water partition coefficient (Wildman–Crippen LogP) is 3.89. The third kappa shape index (κ3) is 5.75. The quantitative estimate of drug-likeness (QED) is 0.500. The van der Waals surface area contributed by atoms with Gasteiger partial charge in [-0.15, -0.1) is 0 Å². The molecule has 0 radical (unpaired) electrons. The van der Waals surface area contributed by atoms with Crippen molar-refractivity contribution < 1.29 is 13.2 Å². The third-order valence-corrected chi connectivity index (χ3v) is 7.32. The SMILES string of the molecule is CC(C)NS(=O)(=O)c1ccc(NC(=O)C(C)Sc2ncc(-c3ccccc3)n2C)cc1. The molecule has 0 aliphatic heterocycles. The lowest BCUT2D eigenvalue weighted by Crippen LogP contribution is -2.30. The van der Waals surface area contributed by atoms with E-state index >= 15 is 0 Å². The number of carbonyl (C=O) groups excluding carboxylic acids is 1. The van der Waals surface area contributed by atoms with Crippen molar-refractivity contribution >= 4 is 33.4 Å². The number of hydrogen-bond acceptors (Lipinski definition) is 5. The third-order valence-electron chi connectivity index (χ3n) is 4.49. The number of thioether (sulfide) groups is 1. The van der Waals surface area contributed by atoms with E-state index in [4.69, 9.17) is 0 Å². The number of rotatable bonds is 8. The lowest BCUT2D eigenvalue weighted by Gasteiger charge is -2.13. The molecule has 2 aromatic carbocycles. The van der Waals surface area contributed by atoms with E-state index in [-0.39, 0.29) is 16.8 Å². The van der Waals surface area contributed by atoms with Crippen molar-refractivity contribution in [2.24, 2.45) is 7.05 Å². The molecule has 1 amide bonds. The second-order valence-corrected chi connectivity index (χ2v) is 10.4. The molecule has 3 rings (SSSR count). The van der Waals surface area contributed by atoms with Gasteiger partial charge >= 0.3 is 0 Å². The van der Waals surface area contributed by atoms with Crippen molar-refractivity contribution in [3.05, 3.63) is 60.8 Å². The van der Waals surface area contributed by atoms with Crippen molar-refractivity contribution in [3.63, 3.8) is 0 Å². The molecule has 0 aliphatic carbocycles. The van der Waals surface area contributed by atoms with Crippen LogP contribution in [0.25, 0.3) is 11.3 Å². The fourth-order valence-electron chi connectivity index (χ4n) is 2.93. The average molecular weight is 459 g/mol. The molecule has 1 unspecified atom stereocenters. The molecular formula is C22H26N4O3S2. The fourth-order valence-corrected chi connectivity index (χ4v) is 5.03. The Labute approximate surface area is 187 Å². The van der Waals surface area contributed by atoms with E-state index in [0.29, 0.717) is 5.69 Å². The van der Waals surface area contributed by atoms with Gasteiger partial charge in [0.05, 0.1) is 22.0 Å². The van der Waals surface area contributed by atoms with Crippen LogP contribution in [0.15, 0.2) is 70.8 Å². The zero-order valence-corrected chi connectivity index (χ0v) is 19.5. The number of imidazole rings is 1. The lowest BCUT2D eigenvalue weighted by molar-refractivity contribution is -0.115. The number of anilines is 1. The Morgan fingerprint density at radius 1 is 1.03 bits per heavy atom. The smallest absolute Gasteiger partial charge is 0.240 e. The maximum Gasteiger partial charge on any atom is 0.240 e. The predicted molar refractivity (Wildman–Crippen MR) is 124 cm³/mol. The summed E-state index contributed by atoms with van der Waals surface area (Å²) >= 11 is 1.36. The number of amides is 1. The summed E-state index contributed by atoms with van der Waals surface area (Å²) in [6.07, 6.45) is 1.80. The average Bonchev–Trinajstić information content (AvgIpc) is 3.08. The molecule has 3 aromatic rings. The van der Waals surface area contributed by atoms with Crippen LogP contribution in [0.3, 0.4) is 0 Å². The van der Waals surface area contributed by atoms with Crippen LogP contribution in [-0.4, -0.2) is 35.2 Å². The number of hydrogen-bond donors (Lipinski definition) is 2. The first kappa shape index (κ1) is 23.1. The molecule has 0 bridgehead atoms. The first-order valence-corrected chi connectivity index (χ1v) is 12.2. The molecule has 1 atom stereocenters. The zero-order chi connectivity index (χ0) is 22.6. The Hall–Kier alpha value is -2.62. The zero-order valence-electron chi connectivity index (χ0n) is 17.9. The number of carbonyl (C=O) groups is 1. The second-order valence-electron chi connectivity index (χ2n) is 7.40. The number of benzene rings is 2. The Bertz CT molecular complexity index is 1140. The topological polar surface area (TPSA) is 93.1 Å². The molecule has 7 nitrogen and oxygen atoms in total. The van der Waals surface area contributed by atoms with Crippen molar-refractivity contribution in [1.82, 2.24) is 14.3 Å². The molecule has 0 saturated heterocycles. The van der Waals surface area contributed by atoms with Crippen molar-refractivity contribution in [1.29, 1.82) is 0 Å². The van der Waals surface area contributed by atoms with Gasteiger partial charge in [-0.3, -0.25) is 4.79 Å². The highest BCUT2D eigenvalue weighted by molar-refractivity contribution is 8.00. The molecule has 31 heavy (non-hydrogen) atoms. The molecule has 164 valence electrons. The fraction of sp³-hybridized carbons (Fsp3) is 0.273. The van der Waals surface area contributed by atoms with E-state index in [2.05, 4.69) is 15.0 Å². The van der Waals surface area contributed by atoms with Gasteiger partial charge in [-0.05, 0) is 50.6 Å². The van der Waals surface area contributed by atoms with E-state index in [1.54, 1.807) is 32.2 Å². The van der Waals surface area contributed by atoms with Crippen molar-refractivity contribution in [3.8, 4) is 11.3 Å². The summed E-state index contributed by atoms with van der Waals surface area (Å²) in [6.45, 7) is 5.33. The summed E-state index contributed by atoms with van der Waals surface area (Å²) in [6, 6.07) is 15.9. The molecule has 0 aliphatic rings. The molecule has 1 aromatic heterocycles. The molecule has 2 N–H and O–H groups in total. The van der Waals surface area contributed by atoms with Gasteiger partial charge < -0.3 is 9.88 Å². The Morgan fingerprint density at radius 3 is 2.29 bits per heavy atom. The Morgan fingerprint density at radius 2 is 1.68 bits per heavy atom. The van der Waals surface area contributed by atoms with Crippen LogP contribution in [0.2, 0.25) is 0 Å². The van der Waals surface area contributed by atoms with Crippen LogP contribution in [0.5, 0.6) is 0 Å². The monoisotopic (exact) mass is 458 g/mol. The van der Waals surface area contributed by atoms with Crippen LogP contribution < -0.4 is 10.0 Å². The Kier molecular flexibility index (Phi) is 7.19. The maximum atomic E-state index is 12.6. The van der Waals surface area contributed by atoms with Crippen LogP contribution in [0, 0.1) is 0 Å². The molecule has 0 fully saturated rings. The summed E-state index contributed by atoms with van der Waals surface area (Å²) in [4.78, 5) is 17.2. The minimum absolute atomic E-state index is 0.156. The molecular weight excluding hydrogens is 432 g/mol. The van der Waals surface area contributed by atoms with E-state index in [1.165, 1.54) is 23.9 Å². The number of nitrogens with zero attached hydrogens (tertiary/aromatic N) is 2. The highest BCUT2D eigenvalue weighted by Gasteiger charge is 2.19. The van der Waals surface area contributed by atoms with Gasteiger partial charge in [-0.25, -0.2) is 18.1 Å². The minimum Gasteiger partial charge on any atom is -0.325 e. The summed E-state index contributed by atoms with van der Waals surface area (Å²) in [5.41, 5.74) is 2.57.